The molecule has 1 aliphatic rings. The normalized spacial score (nSPS) is 14.7. The molecule has 1 unspecified atom stereocenters. The predicted octanol–water partition coefficient (Wildman–Crippen LogP) is 11.5. The van der Waals surface area contributed by atoms with Gasteiger partial charge in [-0.1, -0.05) is 97.9 Å². The highest BCUT2D eigenvalue weighted by molar-refractivity contribution is 6.27. The first-order valence-electron chi connectivity index (χ1n) is 16.1. The van der Waals surface area contributed by atoms with Gasteiger partial charge in [-0.15, -0.1) is 0 Å². The molecule has 3 aromatic heterocycles. The van der Waals surface area contributed by atoms with Crippen molar-refractivity contribution in [2.45, 2.75) is 13.3 Å². The van der Waals surface area contributed by atoms with Crippen LogP contribution in [-0.4, -0.2) is 9.13 Å². The summed E-state index contributed by atoms with van der Waals surface area (Å²) in [6.07, 6.45) is 5.74. The molecule has 0 amide bonds. The van der Waals surface area contributed by atoms with Gasteiger partial charge in [-0.2, -0.15) is 0 Å². The van der Waals surface area contributed by atoms with Crippen LogP contribution in [0.2, 0.25) is 0 Å². The molecular weight excluding hydrogens is 560 g/mol. The van der Waals surface area contributed by atoms with Crippen LogP contribution in [0.15, 0.2) is 144 Å². The molecule has 0 saturated carbocycles. The molecule has 3 heterocycles. The lowest BCUT2D eigenvalue weighted by molar-refractivity contribution is 0.669. The third-order valence-electron chi connectivity index (χ3n) is 9.87. The molecule has 0 aliphatic heterocycles. The van der Waals surface area contributed by atoms with Gasteiger partial charge in [0.2, 0.25) is 0 Å². The molecule has 3 heteroatoms. The maximum atomic E-state index is 6.31. The fourth-order valence-corrected chi connectivity index (χ4v) is 7.90. The van der Waals surface area contributed by atoms with E-state index in [-0.39, 0.29) is 0 Å². The number of rotatable bonds is 3. The molecule has 0 radical (unpaired) electrons. The van der Waals surface area contributed by atoms with Crippen LogP contribution < -0.4 is 0 Å². The van der Waals surface area contributed by atoms with E-state index in [9.17, 15) is 0 Å². The first-order chi connectivity index (χ1) is 22.7. The van der Waals surface area contributed by atoms with Crippen LogP contribution in [0.3, 0.4) is 0 Å². The lowest BCUT2D eigenvalue weighted by atomic mass is 9.93. The molecule has 1 aliphatic carbocycles. The number of aromatic nitrogens is 2. The molecule has 0 bridgehead atoms. The molecule has 46 heavy (non-hydrogen) atoms. The van der Waals surface area contributed by atoms with Gasteiger partial charge in [-0.3, -0.25) is 0 Å². The first kappa shape index (κ1) is 25.5. The zero-order valence-electron chi connectivity index (χ0n) is 25.4. The van der Waals surface area contributed by atoms with E-state index >= 15 is 0 Å². The number of fused-ring (bicyclic) bond motifs is 10. The van der Waals surface area contributed by atoms with Crippen LogP contribution >= 0.6 is 0 Å². The number of nitrogens with zero attached hydrogens (tertiary/aromatic N) is 2. The van der Waals surface area contributed by atoms with Crippen molar-refractivity contribution in [1.29, 1.82) is 0 Å². The minimum Gasteiger partial charge on any atom is -0.456 e. The largest absolute Gasteiger partial charge is 0.456 e. The van der Waals surface area contributed by atoms with Gasteiger partial charge in [0.25, 0.3) is 0 Å². The Morgan fingerprint density at radius 2 is 1.33 bits per heavy atom. The van der Waals surface area contributed by atoms with Gasteiger partial charge in [0.05, 0.1) is 22.2 Å². The number of hydrogen-bond acceptors (Lipinski definition) is 1. The molecule has 6 aromatic carbocycles. The molecule has 10 rings (SSSR count). The standard InChI is InChI=1S/C43H30N2O/c1-27-21-22-38-34(25-27)31-14-3-7-18-36(31)45(38)35-17-6-2-13-30(35)28-11-10-12-29(26-28)44-37-19-8-4-15-32(37)42-39(44)23-24-41-43(42)33-16-5-9-20-40(33)46-41/h2-24,26-27H,25H2,1H3. The highest BCUT2D eigenvalue weighted by Gasteiger charge is 2.23. The minimum absolute atomic E-state index is 0.533. The molecular formula is C43H30N2O. The maximum absolute atomic E-state index is 6.31. The highest BCUT2D eigenvalue weighted by atomic mass is 16.3. The highest BCUT2D eigenvalue weighted by Crippen LogP contribution is 2.42. The van der Waals surface area contributed by atoms with E-state index in [2.05, 4.69) is 156 Å². The Bertz CT molecular complexity index is 2700. The van der Waals surface area contributed by atoms with Gasteiger partial charge in [0.1, 0.15) is 11.2 Å². The van der Waals surface area contributed by atoms with Crippen molar-refractivity contribution in [3.63, 3.8) is 0 Å². The van der Waals surface area contributed by atoms with Gasteiger partial charge < -0.3 is 13.6 Å². The van der Waals surface area contributed by atoms with Gasteiger partial charge in [-0.05, 0) is 78.1 Å². The molecule has 3 nitrogen and oxygen atoms in total. The number of allylic oxidation sites excluding steroid dienone is 1. The van der Waals surface area contributed by atoms with Crippen LogP contribution in [-0.2, 0) is 6.42 Å². The van der Waals surface area contributed by atoms with Crippen LogP contribution in [0.1, 0.15) is 18.2 Å². The Labute approximate surface area is 266 Å². The van der Waals surface area contributed by atoms with Crippen LogP contribution in [0.5, 0.6) is 0 Å². The minimum atomic E-state index is 0.533. The summed E-state index contributed by atoms with van der Waals surface area (Å²) in [7, 11) is 0. The fourth-order valence-electron chi connectivity index (χ4n) is 7.90. The van der Waals surface area contributed by atoms with E-state index in [0.29, 0.717) is 5.92 Å². The van der Waals surface area contributed by atoms with E-state index in [0.717, 1.165) is 28.7 Å². The molecule has 0 spiro atoms. The summed E-state index contributed by atoms with van der Waals surface area (Å²) < 4.78 is 11.2. The van der Waals surface area contributed by atoms with Crippen LogP contribution in [0.4, 0.5) is 0 Å². The molecule has 0 fully saturated rings. The van der Waals surface area contributed by atoms with Crippen molar-refractivity contribution >= 4 is 60.7 Å². The lowest BCUT2D eigenvalue weighted by Gasteiger charge is -2.18. The molecule has 0 saturated heterocycles. The van der Waals surface area contributed by atoms with Crippen LogP contribution in [0.25, 0.3) is 83.2 Å². The van der Waals surface area contributed by atoms with Crippen molar-refractivity contribution in [2.75, 3.05) is 0 Å². The number of benzene rings is 6. The average Bonchev–Trinajstić information content (AvgIpc) is 3.75. The molecule has 0 N–H and O–H groups in total. The third-order valence-corrected chi connectivity index (χ3v) is 9.87. The van der Waals surface area contributed by atoms with Crippen molar-refractivity contribution in [1.82, 2.24) is 9.13 Å². The second-order valence-electron chi connectivity index (χ2n) is 12.6. The van der Waals surface area contributed by atoms with Crippen molar-refractivity contribution in [3.8, 4) is 22.5 Å². The molecule has 1 atom stereocenters. The van der Waals surface area contributed by atoms with Crippen molar-refractivity contribution in [2.24, 2.45) is 5.92 Å². The van der Waals surface area contributed by atoms with E-state index in [4.69, 9.17) is 4.42 Å². The Balaban J connectivity index is 1.22. The Morgan fingerprint density at radius 1 is 0.587 bits per heavy atom. The quantitative estimate of drug-likeness (QED) is 0.201. The van der Waals surface area contributed by atoms with Gasteiger partial charge in [0.15, 0.2) is 0 Å². The van der Waals surface area contributed by atoms with E-state index in [1.165, 1.54) is 66.2 Å². The van der Waals surface area contributed by atoms with E-state index < -0.39 is 0 Å². The van der Waals surface area contributed by atoms with Gasteiger partial charge in [0, 0.05) is 43.9 Å². The number of furan rings is 1. The summed E-state index contributed by atoms with van der Waals surface area (Å²) >= 11 is 0. The average molecular weight is 591 g/mol. The summed E-state index contributed by atoms with van der Waals surface area (Å²) in [4.78, 5) is 0. The Kier molecular flexibility index (Phi) is 5.32. The van der Waals surface area contributed by atoms with Crippen molar-refractivity contribution in [3.05, 3.63) is 151 Å². The van der Waals surface area contributed by atoms with Crippen LogP contribution in [0, 0.1) is 5.92 Å². The van der Waals surface area contributed by atoms with Gasteiger partial charge >= 0.3 is 0 Å². The maximum Gasteiger partial charge on any atom is 0.136 e. The number of hydrogen-bond donors (Lipinski definition) is 0. The zero-order valence-corrected chi connectivity index (χ0v) is 25.4. The third kappa shape index (κ3) is 3.54. The summed E-state index contributed by atoms with van der Waals surface area (Å²) in [6, 6.07) is 48.2. The molecule has 9 aromatic rings. The topological polar surface area (TPSA) is 23.0 Å². The number of para-hydroxylation sites is 4. The fraction of sp³-hybridized carbons (Fsp3) is 0.0698. The lowest BCUT2D eigenvalue weighted by Crippen LogP contribution is -2.06. The SMILES string of the molecule is CC1C=Cc2c(c3ccccc3n2-c2ccccc2-c2cccc(-n3c4ccccc4c4c5c(ccc43)oc3ccccc35)c2)C1. The predicted molar refractivity (Wildman–Crippen MR) is 192 cm³/mol. The Morgan fingerprint density at radius 3 is 2.22 bits per heavy atom. The van der Waals surface area contributed by atoms with Gasteiger partial charge in [-0.25, -0.2) is 0 Å². The second-order valence-corrected chi connectivity index (χ2v) is 12.6. The van der Waals surface area contributed by atoms with E-state index in [1.807, 2.05) is 6.07 Å². The summed E-state index contributed by atoms with van der Waals surface area (Å²) in [5.41, 5.74) is 12.9. The Hall–Kier alpha value is -5.80. The smallest absolute Gasteiger partial charge is 0.136 e. The summed E-state index contributed by atoms with van der Waals surface area (Å²) in [5, 5.41) is 6.14. The monoisotopic (exact) mass is 590 g/mol. The second kappa shape index (κ2) is 9.60. The summed E-state index contributed by atoms with van der Waals surface area (Å²) in [5.74, 6) is 0.533. The van der Waals surface area contributed by atoms with Crippen molar-refractivity contribution < 1.29 is 4.42 Å². The molecule has 218 valence electrons. The zero-order chi connectivity index (χ0) is 30.4. The first-order valence-corrected chi connectivity index (χ1v) is 16.1. The van der Waals surface area contributed by atoms with E-state index in [1.54, 1.807) is 0 Å². The summed E-state index contributed by atoms with van der Waals surface area (Å²) in [6.45, 7) is 2.31.